The lowest BCUT2D eigenvalue weighted by Crippen LogP contribution is -2.28. The molecule has 2 aromatic rings. The monoisotopic (exact) mass is 339 g/mol. The Balaban J connectivity index is 1.98. The van der Waals surface area contributed by atoms with Gasteiger partial charge < -0.3 is 10.6 Å². The number of hydrogen-bond acceptors (Lipinski definition) is 3. The van der Waals surface area contributed by atoms with Gasteiger partial charge in [-0.3, -0.25) is 10.1 Å². The van der Waals surface area contributed by atoms with Crippen molar-refractivity contribution in [3.8, 4) is 0 Å². The van der Waals surface area contributed by atoms with Crippen LogP contribution in [0.3, 0.4) is 0 Å². The van der Waals surface area contributed by atoms with Crippen molar-refractivity contribution in [2.45, 2.75) is 6.54 Å². The summed E-state index contributed by atoms with van der Waals surface area (Å²) in [6.07, 6.45) is 0. The van der Waals surface area contributed by atoms with Crippen molar-refractivity contribution in [2.24, 2.45) is 0 Å². The van der Waals surface area contributed by atoms with E-state index in [1.54, 1.807) is 12.1 Å². The highest BCUT2D eigenvalue weighted by Crippen LogP contribution is 2.26. The predicted octanol–water partition coefficient (Wildman–Crippen LogP) is 3.87. The van der Waals surface area contributed by atoms with E-state index in [0.29, 0.717) is 17.3 Å². The third-order valence-corrected chi connectivity index (χ3v) is 3.35. The summed E-state index contributed by atoms with van der Waals surface area (Å²) in [6.45, 7) is 0.388. The number of anilines is 1. The molecule has 0 aliphatic carbocycles. The van der Waals surface area contributed by atoms with Crippen LogP contribution in [0.2, 0.25) is 5.02 Å². The number of nitro groups is 1. The Morgan fingerprint density at radius 1 is 1.27 bits per heavy atom. The number of nitrogens with zero attached hydrogens (tertiary/aromatic N) is 1. The number of thiocarbonyl (C=S) groups is 1. The Morgan fingerprint density at radius 3 is 2.59 bits per heavy atom. The number of rotatable bonds is 4. The van der Waals surface area contributed by atoms with Crippen LogP contribution in [0.1, 0.15) is 5.56 Å². The quantitative estimate of drug-likeness (QED) is 0.503. The molecule has 5 nitrogen and oxygen atoms in total. The van der Waals surface area contributed by atoms with Crippen molar-refractivity contribution < 1.29 is 9.31 Å². The van der Waals surface area contributed by atoms with Gasteiger partial charge in [0.05, 0.1) is 15.6 Å². The highest BCUT2D eigenvalue weighted by atomic mass is 35.5. The summed E-state index contributed by atoms with van der Waals surface area (Å²) in [7, 11) is 0. The first-order valence-electron chi connectivity index (χ1n) is 6.19. The summed E-state index contributed by atoms with van der Waals surface area (Å²) in [6, 6.07) is 9.99. The van der Waals surface area contributed by atoms with E-state index < -0.39 is 4.92 Å². The van der Waals surface area contributed by atoms with Gasteiger partial charge in [-0.25, -0.2) is 4.39 Å². The minimum atomic E-state index is -0.517. The molecule has 0 saturated carbocycles. The molecule has 0 radical (unpaired) electrons. The molecular formula is C14H11ClFN3O2S. The molecule has 0 aliphatic rings. The molecule has 0 saturated heterocycles. The molecule has 2 N–H and O–H groups in total. The van der Waals surface area contributed by atoms with Crippen LogP contribution in [-0.2, 0) is 6.54 Å². The standard InChI is InChI=1S/C14H11ClFN3O2S/c15-12-6-5-11(19(20)21)7-13(12)18-14(22)17-8-9-1-3-10(16)4-2-9/h1-7H,8H2,(H2,17,18,22). The number of halogens is 2. The maximum absolute atomic E-state index is 12.8. The van der Waals surface area contributed by atoms with Gasteiger partial charge in [-0.2, -0.15) is 0 Å². The summed E-state index contributed by atoms with van der Waals surface area (Å²) in [5.74, 6) is -0.312. The van der Waals surface area contributed by atoms with Gasteiger partial charge in [-0.05, 0) is 36.0 Å². The van der Waals surface area contributed by atoms with Crippen LogP contribution in [0.5, 0.6) is 0 Å². The van der Waals surface area contributed by atoms with Gasteiger partial charge in [0.2, 0.25) is 0 Å². The molecule has 0 aliphatic heterocycles. The minimum absolute atomic E-state index is 0.0896. The van der Waals surface area contributed by atoms with Crippen molar-refractivity contribution in [1.29, 1.82) is 0 Å². The molecule has 0 amide bonds. The summed E-state index contributed by atoms with van der Waals surface area (Å²) in [4.78, 5) is 10.2. The first kappa shape index (κ1) is 16.1. The second kappa shape index (κ2) is 7.15. The first-order chi connectivity index (χ1) is 10.5. The summed E-state index contributed by atoms with van der Waals surface area (Å²) in [5.41, 5.74) is 1.09. The van der Waals surface area contributed by atoms with Gasteiger partial charge in [0.1, 0.15) is 5.82 Å². The maximum atomic E-state index is 12.8. The molecule has 2 rings (SSSR count). The number of nitro benzene ring substituents is 1. The fourth-order valence-electron chi connectivity index (χ4n) is 1.67. The third-order valence-electron chi connectivity index (χ3n) is 2.78. The van der Waals surface area contributed by atoms with E-state index in [-0.39, 0.29) is 16.6 Å². The molecular weight excluding hydrogens is 329 g/mol. The number of nitrogens with one attached hydrogen (secondary N) is 2. The summed E-state index contributed by atoms with van der Waals surface area (Å²) >= 11 is 11.1. The predicted molar refractivity (Wildman–Crippen MR) is 87.6 cm³/mol. The van der Waals surface area contributed by atoms with E-state index in [9.17, 15) is 14.5 Å². The van der Waals surface area contributed by atoms with Crippen molar-refractivity contribution in [2.75, 3.05) is 5.32 Å². The van der Waals surface area contributed by atoms with Crippen LogP contribution in [0.4, 0.5) is 15.8 Å². The Hall–Kier alpha value is -2.25. The highest BCUT2D eigenvalue weighted by Gasteiger charge is 2.10. The van der Waals surface area contributed by atoms with E-state index in [1.807, 2.05) is 0 Å². The van der Waals surface area contributed by atoms with Crippen molar-refractivity contribution >= 4 is 40.3 Å². The normalized spacial score (nSPS) is 10.1. The Labute approximate surface area is 136 Å². The molecule has 8 heteroatoms. The van der Waals surface area contributed by atoms with Crippen LogP contribution in [0.25, 0.3) is 0 Å². The lowest BCUT2D eigenvalue weighted by atomic mass is 10.2. The fourth-order valence-corrected chi connectivity index (χ4v) is 2.02. The van der Waals surface area contributed by atoms with E-state index >= 15 is 0 Å². The lowest BCUT2D eigenvalue weighted by molar-refractivity contribution is -0.384. The zero-order valence-corrected chi connectivity index (χ0v) is 12.7. The van der Waals surface area contributed by atoms with Gasteiger partial charge in [-0.1, -0.05) is 23.7 Å². The van der Waals surface area contributed by atoms with Gasteiger partial charge in [0.25, 0.3) is 5.69 Å². The van der Waals surface area contributed by atoms with Crippen LogP contribution < -0.4 is 10.6 Å². The molecule has 0 bridgehead atoms. The van der Waals surface area contributed by atoms with Crippen molar-refractivity contribution in [1.82, 2.24) is 5.32 Å². The largest absolute Gasteiger partial charge is 0.358 e. The molecule has 0 unspecified atom stereocenters. The van der Waals surface area contributed by atoms with Gasteiger partial charge in [0, 0.05) is 18.7 Å². The van der Waals surface area contributed by atoms with Gasteiger partial charge >= 0.3 is 0 Å². The lowest BCUT2D eigenvalue weighted by Gasteiger charge is -2.11. The molecule has 0 fully saturated rings. The third kappa shape index (κ3) is 4.37. The number of non-ortho nitro benzene ring substituents is 1. The molecule has 0 spiro atoms. The number of hydrogen-bond donors (Lipinski definition) is 2. The second-order valence-electron chi connectivity index (χ2n) is 4.36. The van der Waals surface area contributed by atoms with E-state index in [1.165, 1.54) is 30.3 Å². The van der Waals surface area contributed by atoms with E-state index in [0.717, 1.165) is 5.56 Å². The first-order valence-corrected chi connectivity index (χ1v) is 6.97. The fraction of sp³-hybridized carbons (Fsp3) is 0.0714. The molecule has 0 atom stereocenters. The van der Waals surface area contributed by atoms with E-state index in [4.69, 9.17) is 23.8 Å². The minimum Gasteiger partial charge on any atom is -0.358 e. The average molecular weight is 340 g/mol. The average Bonchev–Trinajstić information content (AvgIpc) is 2.48. The molecule has 0 heterocycles. The van der Waals surface area contributed by atoms with Crippen LogP contribution in [-0.4, -0.2) is 10.0 Å². The van der Waals surface area contributed by atoms with Gasteiger partial charge in [0.15, 0.2) is 5.11 Å². The summed E-state index contributed by atoms with van der Waals surface area (Å²) in [5, 5.41) is 17.0. The Kier molecular flexibility index (Phi) is 5.24. The Bertz CT molecular complexity index is 710. The Morgan fingerprint density at radius 2 is 1.95 bits per heavy atom. The molecule has 22 heavy (non-hydrogen) atoms. The number of benzene rings is 2. The zero-order valence-electron chi connectivity index (χ0n) is 11.2. The summed E-state index contributed by atoms with van der Waals surface area (Å²) < 4.78 is 12.8. The topological polar surface area (TPSA) is 67.2 Å². The van der Waals surface area contributed by atoms with Crippen molar-refractivity contribution in [3.63, 3.8) is 0 Å². The molecule has 114 valence electrons. The van der Waals surface area contributed by atoms with Crippen LogP contribution >= 0.6 is 23.8 Å². The van der Waals surface area contributed by atoms with Gasteiger partial charge in [-0.15, -0.1) is 0 Å². The maximum Gasteiger partial charge on any atom is 0.271 e. The molecule has 0 aromatic heterocycles. The van der Waals surface area contributed by atoms with Crippen LogP contribution in [0.15, 0.2) is 42.5 Å². The SMILES string of the molecule is O=[N+]([O-])c1ccc(Cl)c(NC(=S)NCc2ccc(F)cc2)c1. The zero-order chi connectivity index (χ0) is 16.1. The highest BCUT2D eigenvalue weighted by molar-refractivity contribution is 7.80. The second-order valence-corrected chi connectivity index (χ2v) is 5.17. The van der Waals surface area contributed by atoms with Crippen LogP contribution in [0, 0.1) is 15.9 Å². The molecule has 2 aromatic carbocycles. The van der Waals surface area contributed by atoms with E-state index in [2.05, 4.69) is 10.6 Å². The van der Waals surface area contributed by atoms with Crippen molar-refractivity contribution in [3.05, 3.63) is 69.0 Å². The smallest absolute Gasteiger partial charge is 0.271 e.